The van der Waals surface area contributed by atoms with Crippen LogP contribution in [0.25, 0.3) is 0 Å². The van der Waals surface area contributed by atoms with Crippen molar-refractivity contribution in [1.82, 2.24) is 0 Å². The first-order valence-electron chi connectivity index (χ1n) is 5.23. The normalized spacial score (nSPS) is 23.8. The molecule has 0 amide bonds. The molecule has 1 aliphatic rings. The Morgan fingerprint density at radius 3 is 2.94 bits per heavy atom. The molecule has 0 saturated heterocycles. The molecule has 3 heteroatoms. The summed E-state index contributed by atoms with van der Waals surface area (Å²) in [6.45, 7) is -0.00981. The summed E-state index contributed by atoms with van der Waals surface area (Å²) in [5.74, 6) is 0.404. The molecule has 2 unspecified atom stereocenters. The number of aliphatic hydroxyl groups excluding tert-OH is 1. The van der Waals surface area contributed by atoms with Crippen molar-refractivity contribution in [1.29, 1.82) is 0 Å². The van der Waals surface area contributed by atoms with Crippen LogP contribution in [0.1, 0.15) is 11.5 Å². The minimum atomic E-state index is -0.264. The number of hydrogen-bond acceptors (Lipinski definition) is 3. The van der Waals surface area contributed by atoms with Gasteiger partial charge in [-0.05, 0) is 23.8 Å². The Morgan fingerprint density at radius 1 is 1.44 bits per heavy atom. The molecule has 1 N–H and O–H groups in total. The second-order valence-electron chi connectivity index (χ2n) is 3.86. The van der Waals surface area contributed by atoms with Gasteiger partial charge in [-0.1, -0.05) is 18.2 Å². The van der Waals surface area contributed by atoms with E-state index in [9.17, 15) is 9.90 Å². The molecule has 1 aromatic rings. The number of allylic oxidation sites excluding steroid dienone is 1. The Balaban J connectivity index is 2.32. The van der Waals surface area contributed by atoms with E-state index in [2.05, 4.69) is 0 Å². The molecule has 16 heavy (non-hydrogen) atoms. The molecular formula is C13H14O3. The van der Waals surface area contributed by atoms with E-state index in [1.54, 1.807) is 19.3 Å². The van der Waals surface area contributed by atoms with Crippen LogP contribution in [0.3, 0.4) is 0 Å². The Kier molecular flexibility index (Phi) is 3.06. The van der Waals surface area contributed by atoms with E-state index in [0.717, 1.165) is 11.3 Å². The highest BCUT2D eigenvalue weighted by atomic mass is 16.5. The van der Waals surface area contributed by atoms with Crippen molar-refractivity contribution in [3.63, 3.8) is 0 Å². The largest absolute Gasteiger partial charge is 0.497 e. The monoisotopic (exact) mass is 218 g/mol. The predicted octanol–water partition coefficient (Wildman–Crippen LogP) is 1.53. The predicted molar refractivity (Wildman–Crippen MR) is 60.5 cm³/mol. The highest BCUT2D eigenvalue weighted by Gasteiger charge is 2.31. The van der Waals surface area contributed by atoms with Crippen LogP contribution < -0.4 is 4.74 Å². The molecule has 0 saturated carbocycles. The molecule has 0 radical (unpaired) electrons. The van der Waals surface area contributed by atoms with Gasteiger partial charge in [0.15, 0.2) is 5.78 Å². The van der Waals surface area contributed by atoms with Crippen molar-refractivity contribution in [2.75, 3.05) is 13.7 Å². The molecule has 84 valence electrons. The second-order valence-corrected chi connectivity index (χ2v) is 3.86. The number of ketones is 1. The van der Waals surface area contributed by atoms with Crippen LogP contribution in [0.2, 0.25) is 0 Å². The molecule has 0 bridgehead atoms. The van der Waals surface area contributed by atoms with Crippen LogP contribution in [-0.2, 0) is 4.79 Å². The summed E-state index contributed by atoms with van der Waals surface area (Å²) in [6, 6.07) is 7.43. The number of methoxy groups -OCH3 is 1. The first-order valence-corrected chi connectivity index (χ1v) is 5.23. The van der Waals surface area contributed by atoms with Gasteiger partial charge in [-0.2, -0.15) is 0 Å². The Hall–Kier alpha value is -1.61. The number of carbonyl (C=O) groups is 1. The van der Waals surface area contributed by atoms with Gasteiger partial charge in [-0.15, -0.1) is 0 Å². The third-order valence-corrected chi connectivity index (χ3v) is 2.91. The first-order chi connectivity index (χ1) is 7.76. The summed E-state index contributed by atoms with van der Waals surface area (Å²) in [6.07, 6.45) is 3.32. The molecule has 2 atom stereocenters. The van der Waals surface area contributed by atoms with E-state index >= 15 is 0 Å². The molecule has 0 heterocycles. The van der Waals surface area contributed by atoms with Gasteiger partial charge in [0, 0.05) is 5.92 Å². The molecule has 1 aliphatic carbocycles. The van der Waals surface area contributed by atoms with Crippen molar-refractivity contribution < 1.29 is 14.6 Å². The van der Waals surface area contributed by atoms with Crippen LogP contribution in [-0.4, -0.2) is 24.6 Å². The van der Waals surface area contributed by atoms with Gasteiger partial charge in [-0.3, -0.25) is 4.79 Å². The smallest absolute Gasteiger partial charge is 0.163 e. The third-order valence-electron chi connectivity index (χ3n) is 2.91. The summed E-state index contributed by atoms with van der Waals surface area (Å²) < 4.78 is 5.12. The van der Waals surface area contributed by atoms with Crippen LogP contribution in [0.4, 0.5) is 0 Å². The fourth-order valence-corrected chi connectivity index (χ4v) is 2.06. The lowest BCUT2D eigenvalue weighted by atomic mass is 9.88. The summed E-state index contributed by atoms with van der Waals surface area (Å²) in [5.41, 5.74) is 0.897. The molecule has 0 fully saturated rings. The lowest BCUT2D eigenvalue weighted by molar-refractivity contribution is -0.116. The maximum atomic E-state index is 11.7. The minimum absolute atomic E-state index is 0.00981. The third kappa shape index (κ3) is 1.86. The molecular weight excluding hydrogens is 204 g/mol. The summed E-state index contributed by atoms with van der Waals surface area (Å²) >= 11 is 0. The van der Waals surface area contributed by atoms with Gasteiger partial charge in [0.2, 0.25) is 0 Å². The topological polar surface area (TPSA) is 46.5 Å². The standard InChI is InChI=1S/C13H14O3/c1-16-11-4-2-3-9(7-11)13-10(8-14)5-6-12(13)15/h2-7,10,13-14H,8H2,1H3. The lowest BCUT2D eigenvalue weighted by Gasteiger charge is -2.16. The zero-order chi connectivity index (χ0) is 11.5. The molecule has 0 aromatic heterocycles. The average molecular weight is 218 g/mol. The molecule has 2 rings (SSSR count). The van der Waals surface area contributed by atoms with Crippen LogP contribution >= 0.6 is 0 Å². The summed E-state index contributed by atoms with van der Waals surface area (Å²) in [4.78, 5) is 11.7. The highest BCUT2D eigenvalue weighted by Crippen LogP contribution is 2.33. The lowest BCUT2D eigenvalue weighted by Crippen LogP contribution is -2.16. The quantitative estimate of drug-likeness (QED) is 0.836. The zero-order valence-electron chi connectivity index (χ0n) is 9.09. The van der Waals surface area contributed by atoms with Gasteiger partial charge >= 0.3 is 0 Å². The van der Waals surface area contributed by atoms with E-state index in [-0.39, 0.29) is 24.2 Å². The van der Waals surface area contributed by atoms with Crippen molar-refractivity contribution in [2.24, 2.45) is 5.92 Å². The van der Waals surface area contributed by atoms with E-state index < -0.39 is 0 Å². The highest BCUT2D eigenvalue weighted by molar-refractivity contribution is 5.98. The molecule has 0 aliphatic heterocycles. The van der Waals surface area contributed by atoms with E-state index in [4.69, 9.17) is 4.74 Å². The van der Waals surface area contributed by atoms with E-state index in [1.807, 2.05) is 24.3 Å². The fraction of sp³-hybridized carbons (Fsp3) is 0.308. The van der Waals surface area contributed by atoms with Crippen molar-refractivity contribution >= 4 is 5.78 Å². The van der Waals surface area contributed by atoms with Gasteiger partial charge in [0.25, 0.3) is 0 Å². The number of carbonyl (C=O) groups excluding carboxylic acids is 1. The first kappa shape index (κ1) is 10.9. The van der Waals surface area contributed by atoms with Crippen LogP contribution in [0.5, 0.6) is 5.75 Å². The number of rotatable bonds is 3. The maximum absolute atomic E-state index is 11.7. The number of benzene rings is 1. The molecule has 1 aromatic carbocycles. The van der Waals surface area contributed by atoms with Crippen LogP contribution in [0, 0.1) is 5.92 Å². The maximum Gasteiger partial charge on any atom is 0.163 e. The van der Waals surface area contributed by atoms with Crippen molar-refractivity contribution in [2.45, 2.75) is 5.92 Å². The second kappa shape index (κ2) is 4.49. The average Bonchev–Trinajstić information content (AvgIpc) is 2.70. The Labute approximate surface area is 94.4 Å². The minimum Gasteiger partial charge on any atom is -0.497 e. The van der Waals surface area contributed by atoms with E-state index in [1.165, 1.54) is 0 Å². The van der Waals surface area contributed by atoms with Gasteiger partial charge in [0.05, 0.1) is 19.6 Å². The number of hydrogen-bond donors (Lipinski definition) is 1. The van der Waals surface area contributed by atoms with Crippen molar-refractivity contribution in [3.8, 4) is 5.75 Å². The van der Waals surface area contributed by atoms with Crippen molar-refractivity contribution in [3.05, 3.63) is 42.0 Å². The zero-order valence-corrected chi connectivity index (χ0v) is 9.09. The summed E-state index contributed by atoms with van der Waals surface area (Å²) in [5, 5.41) is 9.21. The van der Waals surface area contributed by atoms with Gasteiger partial charge in [-0.25, -0.2) is 0 Å². The Morgan fingerprint density at radius 2 is 2.25 bits per heavy atom. The van der Waals surface area contributed by atoms with Gasteiger partial charge < -0.3 is 9.84 Å². The van der Waals surface area contributed by atoms with E-state index in [0.29, 0.717) is 0 Å². The molecule has 3 nitrogen and oxygen atoms in total. The van der Waals surface area contributed by atoms with Gasteiger partial charge in [0.1, 0.15) is 5.75 Å². The number of aliphatic hydroxyl groups is 1. The summed E-state index contributed by atoms with van der Waals surface area (Å²) in [7, 11) is 1.59. The van der Waals surface area contributed by atoms with Crippen LogP contribution in [0.15, 0.2) is 36.4 Å². The molecule has 0 spiro atoms. The fourth-order valence-electron chi connectivity index (χ4n) is 2.06. The SMILES string of the molecule is COc1cccc(C2C(=O)C=CC2CO)c1. The Bertz CT molecular complexity index is 423. The number of ether oxygens (including phenoxy) is 1.